The maximum Gasteiger partial charge on any atom is 0.335 e. The average Bonchev–Trinajstić information content (AvgIpc) is 2.29. The van der Waals surface area contributed by atoms with Gasteiger partial charge < -0.3 is 10.4 Å². The third-order valence-electron chi connectivity index (χ3n) is 2.33. The predicted molar refractivity (Wildman–Crippen MR) is 74.9 cm³/mol. The van der Waals surface area contributed by atoms with Crippen LogP contribution in [0.25, 0.3) is 0 Å². The number of anilines is 1. The second-order valence-corrected chi connectivity index (χ2v) is 4.60. The Kier molecular flexibility index (Phi) is 5.40. The standard InChI is InChI=1S/C12H14INO3/c1-2-8-7-9(12(16)17)3-4-10(8)14-11(15)5-6-13/h3-4,7H,2,5-6H2,1H3,(H,14,15)(H,16,17). The summed E-state index contributed by atoms with van der Waals surface area (Å²) >= 11 is 2.14. The van der Waals surface area contributed by atoms with Gasteiger partial charge in [-0.05, 0) is 30.2 Å². The number of hydrogen-bond acceptors (Lipinski definition) is 2. The Bertz CT molecular complexity index is 432. The van der Waals surface area contributed by atoms with Crippen molar-refractivity contribution < 1.29 is 14.7 Å². The Morgan fingerprint density at radius 2 is 2.12 bits per heavy atom. The highest BCUT2D eigenvalue weighted by atomic mass is 127. The van der Waals surface area contributed by atoms with Gasteiger partial charge in [-0.2, -0.15) is 0 Å². The number of carbonyl (C=O) groups excluding carboxylic acids is 1. The van der Waals surface area contributed by atoms with Crippen molar-refractivity contribution in [3.63, 3.8) is 0 Å². The summed E-state index contributed by atoms with van der Waals surface area (Å²) in [5.74, 6) is -0.998. The van der Waals surface area contributed by atoms with Gasteiger partial charge in [0.15, 0.2) is 0 Å². The highest BCUT2D eigenvalue weighted by molar-refractivity contribution is 14.1. The van der Waals surface area contributed by atoms with E-state index in [2.05, 4.69) is 27.9 Å². The fraction of sp³-hybridized carbons (Fsp3) is 0.333. The predicted octanol–water partition coefficient (Wildman–Crippen LogP) is 2.71. The molecule has 1 aromatic carbocycles. The van der Waals surface area contributed by atoms with Crippen LogP contribution in [-0.2, 0) is 11.2 Å². The highest BCUT2D eigenvalue weighted by Gasteiger charge is 2.09. The van der Waals surface area contributed by atoms with Gasteiger partial charge in [0, 0.05) is 16.5 Å². The Morgan fingerprint density at radius 1 is 1.41 bits per heavy atom. The topological polar surface area (TPSA) is 66.4 Å². The molecule has 0 aliphatic carbocycles. The molecule has 92 valence electrons. The molecular formula is C12H14INO3. The van der Waals surface area contributed by atoms with Crippen LogP contribution in [-0.4, -0.2) is 21.4 Å². The number of alkyl halides is 1. The van der Waals surface area contributed by atoms with E-state index in [1.807, 2.05) is 6.92 Å². The molecule has 0 aromatic heterocycles. The molecule has 0 unspecified atom stereocenters. The van der Waals surface area contributed by atoms with Gasteiger partial charge in [0.25, 0.3) is 0 Å². The molecule has 0 aliphatic rings. The number of halogens is 1. The van der Waals surface area contributed by atoms with Crippen LogP contribution in [0.2, 0.25) is 0 Å². The van der Waals surface area contributed by atoms with E-state index >= 15 is 0 Å². The quantitative estimate of drug-likeness (QED) is 0.636. The fourth-order valence-corrected chi connectivity index (χ4v) is 1.93. The van der Waals surface area contributed by atoms with E-state index in [-0.39, 0.29) is 11.5 Å². The summed E-state index contributed by atoms with van der Waals surface area (Å²) in [5, 5.41) is 11.7. The Hall–Kier alpha value is -1.11. The maximum atomic E-state index is 11.5. The molecule has 5 heteroatoms. The number of carboxylic acids is 1. The van der Waals surface area contributed by atoms with Gasteiger partial charge in [0.1, 0.15) is 0 Å². The van der Waals surface area contributed by atoms with Crippen molar-refractivity contribution in [1.29, 1.82) is 0 Å². The first-order valence-corrected chi connectivity index (χ1v) is 6.83. The number of hydrogen-bond donors (Lipinski definition) is 2. The summed E-state index contributed by atoms with van der Waals surface area (Å²) in [6.45, 7) is 1.93. The molecule has 0 spiro atoms. The van der Waals surface area contributed by atoms with Gasteiger partial charge >= 0.3 is 5.97 Å². The second-order valence-electron chi connectivity index (χ2n) is 3.52. The van der Waals surface area contributed by atoms with Gasteiger partial charge in [0.05, 0.1) is 5.56 Å². The van der Waals surface area contributed by atoms with Crippen molar-refractivity contribution in [2.24, 2.45) is 0 Å². The lowest BCUT2D eigenvalue weighted by Crippen LogP contribution is -2.13. The van der Waals surface area contributed by atoms with Gasteiger partial charge in [-0.1, -0.05) is 29.5 Å². The number of benzene rings is 1. The lowest BCUT2D eigenvalue weighted by atomic mass is 10.1. The molecule has 0 saturated heterocycles. The third kappa shape index (κ3) is 3.99. The first-order chi connectivity index (χ1) is 8.08. The van der Waals surface area contributed by atoms with Crippen molar-refractivity contribution in [2.75, 3.05) is 9.74 Å². The van der Waals surface area contributed by atoms with Crippen molar-refractivity contribution in [3.8, 4) is 0 Å². The zero-order valence-corrected chi connectivity index (χ0v) is 11.7. The normalized spacial score (nSPS) is 10.0. The summed E-state index contributed by atoms with van der Waals surface area (Å²) < 4.78 is 0.762. The molecule has 0 fully saturated rings. The number of aryl methyl sites for hydroxylation is 1. The zero-order valence-electron chi connectivity index (χ0n) is 9.50. The Labute approximate surface area is 114 Å². The lowest BCUT2D eigenvalue weighted by molar-refractivity contribution is -0.115. The lowest BCUT2D eigenvalue weighted by Gasteiger charge is -2.10. The van der Waals surface area contributed by atoms with E-state index in [4.69, 9.17) is 5.11 Å². The van der Waals surface area contributed by atoms with E-state index in [9.17, 15) is 9.59 Å². The van der Waals surface area contributed by atoms with Crippen LogP contribution in [0.15, 0.2) is 18.2 Å². The number of amides is 1. The first-order valence-electron chi connectivity index (χ1n) is 5.30. The van der Waals surface area contributed by atoms with E-state index in [0.29, 0.717) is 18.5 Å². The zero-order chi connectivity index (χ0) is 12.8. The number of nitrogens with one attached hydrogen (secondary N) is 1. The molecule has 0 bridgehead atoms. The summed E-state index contributed by atoms with van der Waals surface area (Å²) in [4.78, 5) is 22.3. The van der Waals surface area contributed by atoms with Crippen LogP contribution in [0.3, 0.4) is 0 Å². The minimum atomic E-state index is -0.954. The fourth-order valence-electron chi connectivity index (χ4n) is 1.44. The van der Waals surface area contributed by atoms with Crippen molar-refractivity contribution in [1.82, 2.24) is 0 Å². The number of aromatic carboxylic acids is 1. The molecule has 0 heterocycles. The van der Waals surface area contributed by atoms with Crippen molar-refractivity contribution >= 4 is 40.2 Å². The van der Waals surface area contributed by atoms with Crippen LogP contribution >= 0.6 is 22.6 Å². The summed E-state index contributed by atoms with van der Waals surface area (Å²) in [6.07, 6.45) is 1.14. The Balaban J connectivity index is 2.92. The molecular weight excluding hydrogens is 333 g/mol. The van der Waals surface area contributed by atoms with Gasteiger partial charge in [-0.3, -0.25) is 4.79 Å². The van der Waals surface area contributed by atoms with Crippen LogP contribution in [0.1, 0.15) is 29.3 Å². The van der Waals surface area contributed by atoms with E-state index in [1.165, 1.54) is 6.07 Å². The Morgan fingerprint density at radius 3 is 2.65 bits per heavy atom. The molecule has 1 rings (SSSR count). The maximum absolute atomic E-state index is 11.5. The molecule has 0 saturated carbocycles. The van der Waals surface area contributed by atoms with E-state index < -0.39 is 5.97 Å². The molecule has 2 N–H and O–H groups in total. The summed E-state index contributed by atoms with van der Waals surface area (Å²) in [5.41, 5.74) is 1.78. The summed E-state index contributed by atoms with van der Waals surface area (Å²) in [6, 6.07) is 4.75. The number of rotatable bonds is 5. The average molecular weight is 347 g/mol. The second kappa shape index (κ2) is 6.58. The van der Waals surface area contributed by atoms with Crippen LogP contribution in [0.5, 0.6) is 0 Å². The molecule has 1 aromatic rings. The van der Waals surface area contributed by atoms with Gasteiger partial charge in [0.2, 0.25) is 5.91 Å². The van der Waals surface area contributed by atoms with Crippen molar-refractivity contribution in [2.45, 2.75) is 19.8 Å². The molecule has 4 nitrogen and oxygen atoms in total. The largest absolute Gasteiger partial charge is 0.478 e. The van der Waals surface area contributed by atoms with Crippen LogP contribution in [0, 0.1) is 0 Å². The van der Waals surface area contributed by atoms with Crippen LogP contribution < -0.4 is 5.32 Å². The van der Waals surface area contributed by atoms with E-state index in [0.717, 1.165) is 9.99 Å². The third-order valence-corrected chi connectivity index (χ3v) is 2.87. The van der Waals surface area contributed by atoms with Crippen molar-refractivity contribution in [3.05, 3.63) is 29.3 Å². The highest BCUT2D eigenvalue weighted by Crippen LogP contribution is 2.18. The monoisotopic (exact) mass is 347 g/mol. The molecule has 0 atom stereocenters. The molecule has 0 radical (unpaired) electrons. The van der Waals surface area contributed by atoms with Crippen LogP contribution in [0.4, 0.5) is 5.69 Å². The molecule has 17 heavy (non-hydrogen) atoms. The number of carbonyl (C=O) groups is 2. The minimum absolute atomic E-state index is 0.0443. The van der Waals surface area contributed by atoms with Gasteiger partial charge in [-0.15, -0.1) is 0 Å². The van der Waals surface area contributed by atoms with E-state index in [1.54, 1.807) is 12.1 Å². The SMILES string of the molecule is CCc1cc(C(=O)O)ccc1NC(=O)CCI. The smallest absolute Gasteiger partial charge is 0.335 e. The minimum Gasteiger partial charge on any atom is -0.478 e. The summed E-state index contributed by atoms with van der Waals surface area (Å²) in [7, 11) is 0. The molecule has 1 amide bonds. The number of carboxylic acid groups (broad SMARTS) is 1. The molecule has 0 aliphatic heterocycles. The first kappa shape index (κ1) is 14.0. The van der Waals surface area contributed by atoms with Gasteiger partial charge in [-0.25, -0.2) is 4.79 Å².